The van der Waals surface area contributed by atoms with Crippen molar-refractivity contribution in [3.05, 3.63) is 45.8 Å². The summed E-state index contributed by atoms with van der Waals surface area (Å²) in [7, 11) is 0. The Morgan fingerprint density at radius 2 is 2.19 bits per heavy atom. The summed E-state index contributed by atoms with van der Waals surface area (Å²) in [4.78, 5) is 48.5. The largest absolute Gasteiger partial charge is 0.477 e. The molecular weight excluding hydrogens is 547 g/mol. The predicted octanol–water partition coefficient (Wildman–Crippen LogP) is 0.979. The van der Waals surface area contributed by atoms with E-state index in [1.807, 2.05) is 6.07 Å². The molecule has 12 nitrogen and oxygen atoms in total. The zero-order valence-electron chi connectivity index (χ0n) is 18.5. The number of aliphatic carboxylic acids is 1. The lowest BCUT2D eigenvalue weighted by Gasteiger charge is -2.49. The first-order chi connectivity index (χ1) is 17.4. The molecule has 0 aliphatic carbocycles. The lowest BCUT2D eigenvalue weighted by atomic mass is 10.0. The fourth-order valence-electron chi connectivity index (χ4n) is 3.53. The number of amides is 2. The van der Waals surface area contributed by atoms with E-state index in [4.69, 9.17) is 11.5 Å². The number of β-lactam (4-membered cyclic amide) rings is 1. The highest BCUT2D eigenvalue weighted by Gasteiger charge is 2.54. The topological polar surface area (TPSA) is 197 Å². The van der Waals surface area contributed by atoms with Gasteiger partial charge in [-0.05, 0) is 11.6 Å². The van der Waals surface area contributed by atoms with Crippen molar-refractivity contribution in [2.75, 3.05) is 23.8 Å². The van der Waals surface area contributed by atoms with Crippen LogP contribution in [0.15, 0.2) is 44.6 Å². The summed E-state index contributed by atoms with van der Waals surface area (Å²) in [6, 6.07) is 0.816. The van der Waals surface area contributed by atoms with Crippen LogP contribution in [0.25, 0.3) is 0 Å². The Bertz CT molecular complexity index is 1250. The molecule has 0 radical (unpaired) electrons. The third-order valence-corrected chi connectivity index (χ3v) is 9.53. The average Bonchev–Trinajstić information content (AvgIpc) is 3.29. The molecule has 16 heteroatoms. The molecule has 2 amide bonds. The Balaban J connectivity index is 1.52. The number of nitrogens with zero attached hydrogens (tertiary/aromatic N) is 4. The summed E-state index contributed by atoms with van der Waals surface area (Å²) in [6.07, 6.45) is 3.37. The van der Waals surface area contributed by atoms with Crippen molar-refractivity contribution >= 4 is 75.1 Å². The monoisotopic (exact) mass is 567 g/mol. The van der Waals surface area contributed by atoms with E-state index in [9.17, 15) is 24.7 Å². The fraction of sp³-hybridized carbons (Fsp3) is 0.300. The Morgan fingerprint density at radius 3 is 2.86 bits per heavy atom. The van der Waals surface area contributed by atoms with E-state index in [0.717, 1.165) is 27.5 Å². The summed E-state index contributed by atoms with van der Waals surface area (Å²) >= 11 is 5.34. The second-order valence-corrected chi connectivity index (χ2v) is 11.6. The molecule has 2 aliphatic heterocycles. The second-order valence-electron chi connectivity index (χ2n) is 7.38. The normalized spacial score (nSPS) is 19.6. The van der Waals surface area contributed by atoms with Gasteiger partial charge in [0.25, 0.3) is 11.8 Å². The molecule has 0 aromatic carbocycles. The van der Waals surface area contributed by atoms with Crippen molar-refractivity contribution in [1.82, 2.24) is 20.2 Å². The number of fused-ring (bicyclic) bond motifs is 1. The van der Waals surface area contributed by atoms with E-state index in [1.165, 1.54) is 33.9 Å². The van der Waals surface area contributed by atoms with Gasteiger partial charge in [0.2, 0.25) is 0 Å². The number of anilines is 1. The van der Waals surface area contributed by atoms with Crippen LogP contribution in [0.1, 0.15) is 11.3 Å². The molecule has 190 valence electrons. The van der Waals surface area contributed by atoms with Crippen LogP contribution >= 0.6 is 46.6 Å². The van der Waals surface area contributed by atoms with Crippen molar-refractivity contribution in [2.24, 2.45) is 10.9 Å². The van der Waals surface area contributed by atoms with Crippen molar-refractivity contribution in [2.45, 2.75) is 22.1 Å². The van der Waals surface area contributed by atoms with Crippen LogP contribution in [-0.2, 0) is 20.1 Å². The van der Waals surface area contributed by atoms with E-state index in [-0.39, 0.29) is 16.4 Å². The third-order valence-electron chi connectivity index (χ3n) is 5.17. The molecule has 2 atom stereocenters. The summed E-state index contributed by atoms with van der Waals surface area (Å²) in [5.41, 5.74) is 13.1. The number of hydrogen-bond donors (Lipinski definition) is 5. The van der Waals surface area contributed by atoms with Gasteiger partial charge in [-0.3, -0.25) is 19.5 Å². The summed E-state index contributed by atoms with van der Waals surface area (Å²) in [5.74, 6) is -0.869. The van der Waals surface area contributed by atoms with E-state index in [2.05, 4.69) is 20.4 Å². The van der Waals surface area contributed by atoms with Gasteiger partial charge >= 0.3 is 5.97 Å². The highest BCUT2D eigenvalue weighted by atomic mass is 32.2. The Hall–Kier alpha value is -2.79. The predicted molar refractivity (Wildman–Crippen MR) is 140 cm³/mol. The van der Waals surface area contributed by atoms with Crippen molar-refractivity contribution in [3.63, 3.8) is 0 Å². The molecule has 36 heavy (non-hydrogen) atoms. The number of nitrogen functional groups attached to an aromatic ring is 1. The SMILES string of the molecule is NCCSCc1cnccc1SC1=C(C(=O)O)N2C(=O)[C@@H](NC(=O)/C(=N\O)c3ncsc3N)[C@@H]2SC1. The number of carbonyl (C=O) groups is 3. The minimum Gasteiger partial charge on any atom is -0.477 e. The molecule has 2 aromatic heterocycles. The number of aromatic nitrogens is 2. The summed E-state index contributed by atoms with van der Waals surface area (Å²) in [5, 5.41) is 24.3. The number of thiazole rings is 1. The van der Waals surface area contributed by atoms with Crippen LogP contribution in [-0.4, -0.2) is 78.1 Å². The number of rotatable bonds is 10. The van der Waals surface area contributed by atoms with Crippen molar-refractivity contribution in [1.29, 1.82) is 0 Å². The van der Waals surface area contributed by atoms with E-state index >= 15 is 0 Å². The number of hydrogen-bond acceptors (Lipinski definition) is 13. The Morgan fingerprint density at radius 1 is 1.39 bits per heavy atom. The number of thioether (sulfide) groups is 3. The molecule has 4 rings (SSSR count). The van der Waals surface area contributed by atoms with Gasteiger partial charge in [0, 0.05) is 46.0 Å². The van der Waals surface area contributed by atoms with E-state index in [0.29, 0.717) is 23.0 Å². The van der Waals surface area contributed by atoms with Crippen LogP contribution in [0, 0.1) is 0 Å². The molecule has 7 N–H and O–H groups in total. The quantitative estimate of drug-likeness (QED) is 0.0898. The number of nitrogens with two attached hydrogens (primary N) is 2. The summed E-state index contributed by atoms with van der Waals surface area (Å²) < 4.78 is 0. The number of oxime groups is 1. The maximum atomic E-state index is 13.0. The zero-order valence-corrected chi connectivity index (χ0v) is 21.8. The minimum absolute atomic E-state index is 0.00233. The van der Waals surface area contributed by atoms with Gasteiger partial charge in [-0.25, -0.2) is 9.78 Å². The number of nitrogens with one attached hydrogen (secondary N) is 1. The molecular formula is C20H21N7O5S4. The Kier molecular flexibility index (Phi) is 8.40. The average molecular weight is 568 g/mol. The Labute approximate surface area is 222 Å². The molecule has 1 fully saturated rings. The van der Waals surface area contributed by atoms with Crippen LogP contribution in [0.5, 0.6) is 0 Å². The minimum atomic E-state index is -1.23. The van der Waals surface area contributed by atoms with Gasteiger partial charge in [0.05, 0.1) is 5.51 Å². The standard InChI is InChI=1S/C20H21N7O5S4/c21-2-4-33-6-9-5-23-3-1-10(9)36-11-7-34-19-14(18(29)27(19)15(11)20(30)31)25-17(28)13(26-32)12-16(22)35-8-24-12/h1,3,5,8,14,19,32H,2,4,6-7,21-22H2,(H,25,28)(H,30,31)/b26-13-/t14-,19+/m1/s1. The zero-order chi connectivity index (χ0) is 25.8. The number of pyridine rings is 1. The highest BCUT2D eigenvalue weighted by Crippen LogP contribution is 2.45. The van der Waals surface area contributed by atoms with Gasteiger partial charge in [-0.1, -0.05) is 16.9 Å². The first kappa shape index (κ1) is 26.3. The lowest BCUT2D eigenvalue weighted by Crippen LogP contribution is -2.71. The second kappa shape index (κ2) is 11.5. The fourth-order valence-corrected chi connectivity index (χ4v) is 7.48. The van der Waals surface area contributed by atoms with Gasteiger partial charge in [0.1, 0.15) is 27.8 Å². The highest BCUT2D eigenvalue weighted by molar-refractivity contribution is 8.06. The van der Waals surface area contributed by atoms with E-state index in [1.54, 1.807) is 24.2 Å². The van der Waals surface area contributed by atoms with E-state index < -0.39 is 34.9 Å². The number of carboxylic acid groups (broad SMARTS) is 1. The maximum absolute atomic E-state index is 13.0. The molecule has 2 aromatic rings. The van der Waals surface area contributed by atoms with Gasteiger partial charge < -0.3 is 27.1 Å². The first-order valence-electron chi connectivity index (χ1n) is 10.4. The van der Waals surface area contributed by atoms with Crippen LogP contribution in [0.2, 0.25) is 0 Å². The molecule has 0 saturated carbocycles. The lowest BCUT2D eigenvalue weighted by molar-refractivity contribution is -0.150. The first-order valence-corrected chi connectivity index (χ1v) is 14.3. The maximum Gasteiger partial charge on any atom is 0.353 e. The molecule has 1 saturated heterocycles. The van der Waals surface area contributed by atoms with Crippen LogP contribution in [0.3, 0.4) is 0 Å². The van der Waals surface area contributed by atoms with Crippen LogP contribution < -0.4 is 16.8 Å². The van der Waals surface area contributed by atoms with Crippen molar-refractivity contribution < 1.29 is 24.7 Å². The molecule has 0 bridgehead atoms. The molecule has 0 unspecified atom stereocenters. The van der Waals surface area contributed by atoms with Gasteiger partial charge in [-0.2, -0.15) is 11.8 Å². The molecule has 4 heterocycles. The van der Waals surface area contributed by atoms with Gasteiger partial charge in [-0.15, -0.1) is 23.1 Å². The molecule has 0 spiro atoms. The van der Waals surface area contributed by atoms with Crippen LogP contribution in [0.4, 0.5) is 5.00 Å². The molecule has 2 aliphatic rings. The van der Waals surface area contributed by atoms with Gasteiger partial charge in [0.15, 0.2) is 5.71 Å². The third kappa shape index (κ3) is 5.17. The number of carbonyl (C=O) groups excluding carboxylic acids is 2. The smallest absolute Gasteiger partial charge is 0.353 e. The van der Waals surface area contributed by atoms with Crippen molar-refractivity contribution in [3.8, 4) is 0 Å². The summed E-state index contributed by atoms with van der Waals surface area (Å²) in [6.45, 7) is 0.553. The number of carboxylic acids is 1.